The van der Waals surface area contributed by atoms with Crippen LogP contribution in [0.4, 0.5) is 13.2 Å². The second-order valence-electron chi connectivity index (χ2n) is 4.43. The van der Waals surface area contributed by atoms with Crippen molar-refractivity contribution in [1.82, 2.24) is 4.31 Å². The Balaban J connectivity index is 0.00000220. The van der Waals surface area contributed by atoms with Crippen LogP contribution in [0, 0.1) is 0 Å². The molecular formula is C11H14ClF3N2O3S. The molecule has 2 N–H and O–H groups in total. The molecule has 10 heteroatoms. The molecule has 1 aliphatic heterocycles. The van der Waals surface area contributed by atoms with Crippen molar-refractivity contribution in [3.63, 3.8) is 0 Å². The second-order valence-corrected chi connectivity index (χ2v) is 6.37. The van der Waals surface area contributed by atoms with Crippen LogP contribution in [0.5, 0.6) is 5.75 Å². The standard InChI is InChI=1S/C11H13F3N2O3S.ClH/c12-11(13,14)19-9-2-1-3-10(6-9)20(17,18)16-5-4-8(15)7-16;/h1-3,6,8H,4-5,7,15H2;1H. The third-order valence-corrected chi connectivity index (χ3v) is 4.73. The van der Waals surface area contributed by atoms with Crippen molar-refractivity contribution < 1.29 is 26.3 Å². The first-order valence-electron chi connectivity index (χ1n) is 5.80. The molecule has 1 unspecified atom stereocenters. The fourth-order valence-electron chi connectivity index (χ4n) is 1.95. The number of hydrogen-bond acceptors (Lipinski definition) is 4. The number of hydrogen-bond donors (Lipinski definition) is 1. The molecular weight excluding hydrogens is 333 g/mol. The molecule has 0 amide bonds. The largest absolute Gasteiger partial charge is 0.573 e. The Hall–Kier alpha value is -1.03. The fourth-order valence-corrected chi connectivity index (χ4v) is 3.50. The SMILES string of the molecule is Cl.NC1CCN(S(=O)(=O)c2cccc(OC(F)(F)F)c2)C1. The van der Waals surface area contributed by atoms with Crippen LogP contribution in [-0.4, -0.2) is 38.2 Å². The molecule has 21 heavy (non-hydrogen) atoms. The summed E-state index contributed by atoms with van der Waals surface area (Å²) in [5.74, 6) is -0.568. The molecule has 0 aromatic heterocycles. The normalized spacial score (nSPS) is 20.1. The summed E-state index contributed by atoms with van der Waals surface area (Å²) < 4.78 is 65.7. The van der Waals surface area contributed by atoms with E-state index < -0.39 is 22.1 Å². The summed E-state index contributed by atoms with van der Waals surface area (Å²) in [6.45, 7) is 0.417. The molecule has 1 heterocycles. The second kappa shape index (κ2) is 6.39. The van der Waals surface area contributed by atoms with Gasteiger partial charge in [0.15, 0.2) is 0 Å². The molecule has 1 aromatic rings. The smallest absolute Gasteiger partial charge is 0.406 e. The van der Waals surface area contributed by atoms with E-state index in [1.807, 2.05) is 0 Å². The van der Waals surface area contributed by atoms with Crippen LogP contribution in [0.2, 0.25) is 0 Å². The fraction of sp³-hybridized carbons (Fsp3) is 0.455. The van der Waals surface area contributed by atoms with E-state index in [4.69, 9.17) is 5.73 Å². The maximum absolute atomic E-state index is 12.2. The molecule has 0 bridgehead atoms. The Kier molecular flexibility index (Phi) is 5.48. The predicted molar refractivity (Wildman–Crippen MR) is 71.7 cm³/mol. The molecule has 2 rings (SSSR count). The van der Waals surface area contributed by atoms with E-state index in [0.717, 1.165) is 16.4 Å². The van der Waals surface area contributed by atoms with Crippen LogP contribution in [0.1, 0.15) is 6.42 Å². The molecule has 0 radical (unpaired) electrons. The summed E-state index contributed by atoms with van der Waals surface area (Å²) in [5, 5.41) is 0. The highest BCUT2D eigenvalue weighted by Crippen LogP contribution is 2.27. The van der Waals surface area contributed by atoms with Gasteiger partial charge in [0, 0.05) is 25.2 Å². The van der Waals surface area contributed by atoms with Gasteiger partial charge in [0.2, 0.25) is 10.0 Å². The first-order valence-corrected chi connectivity index (χ1v) is 7.24. The topological polar surface area (TPSA) is 72.6 Å². The molecule has 1 fully saturated rings. The van der Waals surface area contributed by atoms with Gasteiger partial charge in [0.05, 0.1) is 4.90 Å². The third kappa shape index (κ3) is 4.47. The van der Waals surface area contributed by atoms with Gasteiger partial charge in [-0.2, -0.15) is 4.31 Å². The lowest BCUT2D eigenvalue weighted by molar-refractivity contribution is -0.274. The highest BCUT2D eigenvalue weighted by atomic mass is 35.5. The van der Waals surface area contributed by atoms with Gasteiger partial charge >= 0.3 is 6.36 Å². The Morgan fingerprint density at radius 2 is 2.00 bits per heavy atom. The van der Waals surface area contributed by atoms with Gasteiger partial charge in [-0.05, 0) is 18.6 Å². The molecule has 5 nitrogen and oxygen atoms in total. The summed E-state index contributed by atoms with van der Waals surface area (Å²) in [6.07, 6.45) is -4.34. The van der Waals surface area contributed by atoms with Gasteiger partial charge in [-0.15, -0.1) is 25.6 Å². The molecule has 0 aliphatic carbocycles. The van der Waals surface area contributed by atoms with E-state index >= 15 is 0 Å². The molecule has 120 valence electrons. The van der Waals surface area contributed by atoms with Crippen molar-refractivity contribution in [2.75, 3.05) is 13.1 Å². The van der Waals surface area contributed by atoms with Crippen LogP contribution in [0.15, 0.2) is 29.2 Å². The summed E-state index contributed by atoms with van der Waals surface area (Å²) >= 11 is 0. The highest BCUT2D eigenvalue weighted by molar-refractivity contribution is 7.89. The van der Waals surface area contributed by atoms with Gasteiger partial charge in [0.1, 0.15) is 5.75 Å². The van der Waals surface area contributed by atoms with Crippen LogP contribution < -0.4 is 10.5 Å². The Bertz CT molecular complexity index is 595. The van der Waals surface area contributed by atoms with Crippen LogP contribution in [0.25, 0.3) is 0 Å². The van der Waals surface area contributed by atoms with Crippen LogP contribution in [0.3, 0.4) is 0 Å². The summed E-state index contributed by atoms with van der Waals surface area (Å²) in [4.78, 5) is -0.242. The van der Waals surface area contributed by atoms with Crippen LogP contribution in [-0.2, 0) is 10.0 Å². The number of alkyl halides is 3. The zero-order valence-electron chi connectivity index (χ0n) is 10.7. The van der Waals surface area contributed by atoms with Crippen molar-refractivity contribution in [2.45, 2.75) is 23.7 Å². The Labute approximate surface area is 126 Å². The lowest BCUT2D eigenvalue weighted by atomic mass is 10.3. The number of sulfonamides is 1. The van der Waals surface area contributed by atoms with Gasteiger partial charge in [-0.1, -0.05) is 6.07 Å². The lowest BCUT2D eigenvalue weighted by Crippen LogP contribution is -2.32. The number of nitrogens with zero attached hydrogens (tertiary/aromatic N) is 1. The predicted octanol–water partition coefficient (Wildman–Crippen LogP) is 1.73. The average molecular weight is 347 g/mol. The Morgan fingerprint density at radius 3 is 2.52 bits per heavy atom. The average Bonchev–Trinajstić information content (AvgIpc) is 2.74. The zero-order chi connectivity index (χ0) is 15.0. The van der Waals surface area contributed by atoms with Gasteiger partial charge in [-0.25, -0.2) is 8.42 Å². The molecule has 0 spiro atoms. The van der Waals surface area contributed by atoms with Crippen molar-refractivity contribution in [1.29, 1.82) is 0 Å². The van der Waals surface area contributed by atoms with E-state index in [2.05, 4.69) is 4.74 Å². The lowest BCUT2D eigenvalue weighted by Gasteiger charge is -2.16. The van der Waals surface area contributed by atoms with Gasteiger partial charge < -0.3 is 10.5 Å². The number of rotatable bonds is 3. The van der Waals surface area contributed by atoms with Gasteiger partial charge in [-0.3, -0.25) is 0 Å². The zero-order valence-corrected chi connectivity index (χ0v) is 12.3. The summed E-state index contributed by atoms with van der Waals surface area (Å²) in [7, 11) is -3.84. The summed E-state index contributed by atoms with van der Waals surface area (Å²) in [5.41, 5.74) is 5.63. The minimum atomic E-state index is -4.86. The molecule has 1 aliphatic rings. The van der Waals surface area contributed by atoms with E-state index in [0.29, 0.717) is 6.42 Å². The van der Waals surface area contributed by atoms with Crippen molar-refractivity contribution >= 4 is 22.4 Å². The monoisotopic (exact) mass is 346 g/mol. The minimum Gasteiger partial charge on any atom is -0.406 e. The first-order chi connectivity index (χ1) is 9.18. The minimum absolute atomic E-state index is 0. The number of halogens is 4. The van der Waals surface area contributed by atoms with Crippen LogP contribution >= 0.6 is 12.4 Å². The quantitative estimate of drug-likeness (QED) is 0.904. The van der Waals surface area contributed by atoms with E-state index in [1.165, 1.54) is 12.1 Å². The molecule has 1 aromatic carbocycles. The van der Waals surface area contributed by atoms with E-state index in [9.17, 15) is 21.6 Å². The van der Waals surface area contributed by atoms with Gasteiger partial charge in [0.25, 0.3) is 0 Å². The van der Waals surface area contributed by atoms with E-state index in [-0.39, 0.29) is 36.4 Å². The number of benzene rings is 1. The van der Waals surface area contributed by atoms with Crippen molar-refractivity contribution in [2.24, 2.45) is 5.73 Å². The molecule has 1 saturated heterocycles. The molecule has 1 atom stereocenters. The van der Waals surface area contributed by atoms with Crippen molar-refractivity contribution in [3.8, 4) is 5.75 Å². The number of nitrogens with two attached hydrogens (primary N) is 1. The third-order valence-electron chi connectivity index (χ3n) is 2.86. The van der Waals surface area contributed by atoms with Crippen molar-refractivity contribution in [3.05, 3.63) is 24.3 Å². The highest BCUT2D eigenvalue weighted by Gasteiger charge is 2.33. The number of ether oxygens (including phenoxy) is 1. The van der Waals surface area contributed by atoms with E-state index in [1.54, 1.807) is 0 Å². The summed E-state index contributed by atoms with van der Waals surface area (Å²) in [6, 6.07) is 4.07. The first kappa shape index (κ1) is 18.0. The molecule has 0 saturated carbocycles. The Morgan fingerprint density at radius 1 is 1.33 bits per heavy atom. The maximum Gasteiger partial charge on any atom is 0.573 e. The maximum atomic E-state index is 12.2.